The van der Waals surface area contributed by atoms with E-state index in [1.165, 1.54) is 37.3 Å². The summed E-state index contributed by atoms with van der Waals surface area (Å²) in [7, 11) is 0. The molecule has 1 unspecified atom stereocenters. The molecule has 1 nitrogen and oxygen atoms in total. The van der Waals surface area contributed by atoms with Gasteiger partial charge in [-0.3, -0.25) is 0 Å². The Bertz CT molecular complexity index is 101. The van der Waals surface area contributed by atoms with Gasteiger partial charge in [0.15, 0.2) is 0 Å². The molecule has 0 fully saturated rings. The first-order valence-electron chi connectivity index (χ1n) is 5.23. The summed E-state index contributed by atoms with van der Waals surface area (Å²) in [4.78, 5) is 0.699. The molecule has 0 aliphatic rings. The van der Waals surface area contributed by atoms with Crippen LogP contribution in [0.15, 0.2) is 0 Å². The Morgan fingerprint density at radius 2 is 2.08 bits per heavy atom. The summed E-state index contributed by atoms with van der Waals surface area (Å²) >= 11 is 5.65. The second-order valence-corrected chi connectivity index (χ2v) is 5.78. The smallest absolute Gasteiger partial charge is 0.0155 e. The van der Waals surface area contributed by atoms with Gasteiger partial charge in [0, 0.05) is 4.83 Å². The molecule has 1 atom stereocenters. The van der Waals surface area contributed by atoms with Crippen molar-refractivity contribution in [1.82, 2.24) is 5.32 Å². The Hall–Kier alpha value is 0.790. The number of halogens is 1. The fraction of sp³-hybridized carbons (Fsp3) is 1.00. The van der Waals surface area contributed by atoms with E-state index in [1.807, 2.05) is 11.8 Å². The molecule has 0 aromatic carbocycles. The number of thioether (sulfide) groups is 1. The second-order valence-electron chi connectivity index (χ2n) is 3.09. The number of rotatable bonds is 9. The lowest BCUT2D eigenvalue weighted by Gasteiger charge is -2.07. The molecule has 1 N–H and O–H groups in total. The molecule has 0 aromatic heterocycles. The van der Waals surface area contributed by atoms with Gasteiger partial charge in [-0.1, -0.05) is 29.8 Å². The highest BCUT2D eigenvalue weighted by Crippen LogP contribution is 2.07. The number of hydrogen-bond acceptors (Lipinski definition) is 2. The van der Waals surface area contributed by atoms with E-state index in [4.69, 9.17) is 0 Å². The molecule has 0 aliphatic heterocycles. The first-order valence-corrected chi connectivity index (χ1v) is 7.30. The van der Waals surface area contributed by atoms with E-state index in [0.29, 0.717) is 4.83 Å². The summed E-state index contributed by atoms with van der Waals surface area (Å²) in [5.41, 5.74) is 0. The van der Waals surface area contributed by atoms with E-state index in [1.54, 1.807) is 0 Å². The van der Waals surface area contributed by atoms with Crippen LogP contribution in [0.25, 0.3) is 0 Å². The molecule has 0 radical (unpaired) electrons. The molecule has 80 valence electrons. The molecule has 0 aromatic rings. The van der Waals surface area contributed by atoms with Crippen LogP contribution in [0.5, 0.6) is 0 Å². The van der Waals surface area contributed by atoms with Gasteiger partial charge in [0.2, 0.25) is 0 Å². The van der Waals surface area contributed by atoms with Crippen molar-refractivity contribution >= 4 is 27.7 Å². The van der Waals surface area contributed by atoms with Gasteiger partial charge in [-0.25, -0.2) is 0 Å². The summed E-state index contributed by atoms with van der Waals surface area (Å²) in [6, 6.07) is 0. The lowest BCUT2D eigenvalue weighted by atomic mass is 10.2. The fourth-order valence-corrected chi connectivity index (χ4v) is 1.90. The van der Waals surface area contributed by atoms with Crippen LogP contribution in [0.2, 0.25) is 0 Å². The molecule has 0 spiro atoms. The molecular formula is C10H22BrNS. The standard InChI is InChI=1S/C10H22BrNS/c1-3-10(11)6-8-12-7-5-9-13-4-2/h10,12H,3-9H2,1-2H3. The molecule has 13 heavy (non-hydrogen) atoms. The number of alkyl halides is 1. The van der Waals surface area contributed by atoms with Gasteiger partial charge in [-0.15, -0.1) is 0 Å². The summed E-state index contributed by atoms with van der Waals surface area (Å²) in [5, 5.41) is 3.47. The van der Waals surface area contributed by atoms with E-state index in [-0.39, 0.29) is 0 Å². The first-order chi connectivity index (χ1) is 6.31. The zero-order valence-corrected chi connectivity index (χ0v) is 11.2. The lowest BCUT2D eigenvalue weighted by Crippen LogP contribution is -2.19. The molecular weight excluding hydrogens is 246 g/mol. The first kappa shape index (κ1) is 13.8. The van der Waals surface area contributed by atoms with E-state index < -0.39 is 0 Å². The van der Waals surface area contributed by atoms with Crippen molar-refractivity contribution < 1.29 is 0 Å². The van der Waals surface area contributed by atoms with E-state index in [2.05, 4.69) is 35.1 Å². The second kappa shape index (κ2) is 10.9. The lowest BCUT2D eigenvalue weighted by molar-refractivity contribution is 0.625. The van der Waals surface area contributed by atoms with Gasteiger partial charge in [0.25, 0.3) is 0 Å². The average molecular weight is 268 g/mol. The molecule has 0 rings (SSSR count). The Morgan fingerprint density at radius 1 is 1.31 bits per heavy atom. The maximum absolute atomic E-state index is 3.63. The van der Waals surface area contributed by atoms with Gasteiger partial charge >= 0.3 is 0 Å². The van der Waals surface area contributed by atoms with Crippen LogP contribution in [-0.2, 0) is 0 Å². The van der Waals surface area contributed by atoms with Crippen molar-refractivity contribution in [1.29, 1.82) is 0 Å². The SMILES string of the molecule is CCSCCCNCCC(Br)CC. The van der Waals surface area contributed by atoms with Gasteiger partial charge < -0.3 is 5.32 Å². The van der Waals surface area contributed by atoms with Crippen LogP contribution in [0.4, 0.5) is 0 Å². The van der Waals surface area contributed by atoms with Gasteiger partial charge in [-0.2, -0.15) is 11.8 Å². The van der Waals surface area contributed by atoms with Crippen molar-refractivity contribution in [2.24, 2.45) is 0 Å². The predicted molar refractivity (Wildman–Crippen MR) is 68.1 cm³/mol. The fourth-order valence-electron chi connectivity index (χ4n) is 1.03. The monoisotopic (exact) mass is 267 g/mol. The molecule has 0 saturated heterocycles. The summed E-state index contributed by atoms with van der Waals surface area (Å²) in [6.45, 7) is 6.77. The van der Waals surface area contributed by atoms with Crippen LogP contribution >= 0.6 is 27.7 Å². The third kappa shape index (κ3) is 10.7. The quantitative estimate of drug-likeness (QED) is 0.509. The van der Waals surface area contributed by atoms with E-state index in [9.17, 15) is 0 Å². The molecule has 0 saturated carbocycles. The van der Waals surface area contributed by atoms with Gasteiger partial charge in [-0.05, 0) is 43.9 Å². The number of hydrogen-bond donors (Lipinski definition) is 1. The van der Waals surface area contributed by atoms with Crippen molar-refractivity contribution in [2.45, 2.75) is 37.9 Å². The average Bonchev–Trinajstić information content (AvgIpc) is 2.16. The van der Waals surface area contributed by atoms with Crippen LogP contribution in [0.1, 0.15) is 33.1 Å². The Kier molecular flexibility index (Phi) is 11.5. The van der Waals surface area contributed by atoms with Crippen LogP contribution in [0.3, 0.4) is 0 Å². The zero-order valence-electron chi connectivity index (χ0n) is 8.81. The van der Waals surface area contributed by atoms with E-state index >= 15 is 0 Å². The highest BCUT2D eigenvalue weighted by atomic mass is 79.9. The zero-order chi connectivity index (χ0) is 9.94. The third-order valence-corrected chi connectivity index (χ3v) is 4.01. The summed E-state index contributed by atoms with van der Waals surface area (Å²) < 4.78 is 0. The minimum Gasteiger partial charge on any atom is -0.317 e. The summed E-state index contributed by atoms with van der Waals surface area (Å²) in [6.07, 6.45) is 3.78. The summed E-state index contributed by atoms with van der Waals surface area (Å²) in [5.74, 6) is 2.55. The minimum absolute atomic E-state index is 0.699. The molecule has 0 aliphatic carbocycles. The molecule has 0 heterocycles. The molecule has 3 heteroatoms. The van der Waals surface area contributed by atoms with Gasteiger partial charge in [0.05, 0.1) is 0 Å². The topological polar surface area (TPSA) is 12.0 Å². The number of nitrogens with one attached hydrogen (secondary N) is 1. The van der Waals surface area contributed by atoms with E-state index in [0.717, 1.165) is 6.54 Å². The van der Waals surface area contributed by atoms with Crippen LogP contribution < -0.4 is 5.32 Å². The Balaban J connectivity index is 2.91. The van der Waals surface area contributed by atoms with Crippen LogP contribution in [0, 0.1) is 0 Å². The largest absolute Gasteiger partial charge is 0.317 e. The van der Waals surface area contributed by atoms with Crippen molar-refractivity contribution in [3.8, 4) is 0 Å². The van der Waals surface area contributed by atoms with Crippen molar-refractivity contribution in [3.05, 3.63) is 0 Å². The van der Waals surface area contributed by atoms with Crippen LogP contribution in [-0.4, -0.2) is 29.4 Å². The minimum atomic E-state index is 0.699. The maximum atomic E-state index is 3.63. The van der Waals surface area contributed by atoms with Crippen molar-refractivity contribution in [3.63, 3.8) is 0 Å². The highest BCUT2D eigenvalue weighted by Gasteiger charge is 1.98. The molecule has 0 bridgehead atoms. The van der Waals surface area contributed by atoms with Crippen molar-refractivity contribution in [2.75, 3.05) is 24.6 Å². The Morgan fingerprint density at radius 3 is 2.69 bits per heavy atom. The Labute approximate surface area is 95.6 Å². The predicted octanol–water partition coefficient (Wildman–Crippen LogP) is 3.28. The third-order valence-electron chi connectivity index (χ3n) is 1.92. The van der Waals surface area contributed by atoms with Gasteiger partial charge in [0.1, 0.15) is 0 Å². The normalized spacial score (nSPS) is 13.2. The molecule has 0 amide bonds. The highest BCUT2D eigenvalue weighted by molar-refractivity contribution is 9.09. The maximum Gasteiger partial charge on any atom is 0.0155 e.